The average molecular weight is 399 g/mol. The van der Waals surface area contributed by atoms with Crippen molar-refractivity contribution in [1.29, 1.82) is 0 Å². The van der Waals surface area contributed by atoms with Crippen LogP contribution in [0.3, 0.4) is 0 Å². The number of carbonyl (C=O) groups excluding carboxylic acids is 1. The minimum absolute atomic E-state index is 0.0765. The molecule has 0 heterocycles. The van der Waals surface area contributed by atoms with Crippen LogP contribution in [0.4, 0.5) is 4.79 Å². The predicted octanol–water partition coefficient (Wildman–Crippen LogP) is 5.21. The van der Waals surface area contributed by atoms with Gasteiger partial charge in [-0.1, -0.05) is 50.2 Å². The minimum atomic E-state index is -0.184. The summed E-state index contributed by atoms with van der Waals surface area (Å²) in [5, 5.41) is 6.05. The van der Waals surface area contributed by atoms with Crippen LogP contribution >= 0.6 is 0 Å². The van der Waals surface area contributed by atoms with E-state index in [-0.39, 0.29) is 23.6 Å². The molecule has 0 saturated carbocycles. The third-order valence-electron chi connectivity index (χ3n) is 4.54. The molecular weight excluding hydrogens is 364 g/mol. The summed E-state index contributed by atoms with van der Waals surface area (Å²) in [6, 6.07) is 15.6. The highest BCUT2D eigenvalue weighted by atomic mass is 16.5. The van der Waals surface area contributed by atoms with Crippen molar-refractivity contribution in [3.63, 3.8) is 0 Å². The molecule has 2 amide bonds. The lowest BCUT2D eigenvalue weighted by Gasteiger charge is -2.23. The normalized spacial score (nSPS) is 12.5. The quantitative estimate of drug-likeness (QED) is 0.642. The van der Waals surface area contributed by atoms with Crippen molar-refractivity contribution in [2.75, 3.05) is 7.11 Å². The average Bonchev–Trinajstić information content (AvgIpc) is 2.68. The SMILES string of the molecule is COc1ccc(C(NC(=O)NCc2cccc(COC(C)(C)C)c2)C(C)C)cc1. The van der Waals surface area contributed by atoms with Crippen molar-refractivity contribution in [2.45, 2.75) is 59.4 Å². The molecule has 1 atom stereocenters. The second-order valence-electron chi connectivity index (χ2n) is 8.54. The summed E-state index contributed by atoms with van der Waals surface area (Å²) in [4.78, 5) is 12.5. The lowest BCUT2D eigenvalue weighted by atomic mass is 9.96. The molecule has 0 aliphatic carbocycles. The van der Waals surface area contributed by atoms with E-state index in [0.717, 1.165) is 22.4 Å². The molecular formula is C24H34N2O3. The summed E-state index contributed by atoms with van der Waals surface area (Å²) >= 11 is 0. The topological polar surface area (TPSA) is 59.6 Å². The Balaban J connectivity index is 1.93. The largest absolute Gasteiger partial charge is 0.497 e. The Morgan fingerprint density at radius 2 is 1.69 bits per heavy atom. The zero-order valence-electron chi connectivity index (χ0n) is 18.4. The molecule has 0 aliphatic heterocycles. The predicted molar refractivity (Wildman–Crippen MR) is 117 cm³/mol. The van der Waals surface area contributed by atoms with Gasteiger partial charge in [0, 0.05) is 6.54 Å². The Morgan fingerprint density at radius 1 is 1.03 bits per heavy atom. The molecule has 5 heteroatoms. The number of hydrogen-bond donors (Lipinski definition) is 2. The zero-order chi connectivity index (χ0) is 21.4. The van der Waals surface area contributed by atoms with Crippen LogP contribution in [0.2, 0.25) is 0 Å². The highest BCUT2D eigenvalue weighted by molar-refractivity contribution is 5.74. The molecule has 2 aromatic carbocycles. The van der Waals surface area contributed by atoms with E-state index < -0.39 is 0 Å². The fourth-order valence-corrected chi connectivity index (χ4v) is 2.95. The summed E-state index contributed by atoms with van der Waals surface area (Å²) in [7, 11) is 1.64. The number of carbonyl (C=O) groups is 1. The van der Waals surface area contributed by atoms with Crippen LogP contribution in [0.25, 0.3) is 0 Å². The Kier molecular flexibility index (Phi) is 8.09. The van der Waals surface area contributed by atoms with Crippen LogP contribution in [-0.2, 0) is 17.9 Å². The van der Waals surface area contributed by atoms with Crippen molar-refractivity contribution < 1.29 is 14.3 Å². The number of urea groups is 1. The first-order valence-electron chi connectivity index (χ1n) is 10.1. The molecule has 0 spiro atoms. The number of hydrogen-bond acceptors (Lipinski definition) is 3. The molecule has 2 N–H and O–H groups in total. The molecule has 2 aromatic rings. The van der Waals surface area contributed by atoms with E-state index in [4.69, 9.17) is 9.47 Å². The van der Waals surface area contributed by atoms with Crippen LogP contribution in [0.15, 0.2) is 48.5 Å². The minimum Gasteiger partial charge on any atom is -0.497 e. The Bertz CT molecular complexity index is 779. The fraction of sp³-hybridized carbons (Fsp3) is 0.458. The van der Waals surface area contributed by atoms with Gasteiger partial charge in [0.25, 0.3) is 0 Å². The highest BCUT2D eigenvalue weighted by Crippen LogP contribution is 2.23. The highest BCUT2D eigenvalue weighted by Gasteiger charge is 2.18. The standard InChI is InChI=1S/C24H34N2O3/c1-17(2)22(20-10-12-21(28-6)13-11-20)26-23(27)25-15-18-8-7-9-19(14-18)16-29-24(3,4)5/h7-14,17,22H,15-16H2,1-6H3,(H2,25,26,27). The first-order chi connectivity index (χ1) is 13.7. The number of ether oxygens (including phenoxy) is 2. The van der Waals surface area contributed by atoms with Crippen molar-refractivity contribution >= 4 is 6.03 Å². The number of amides is 2. The van der Waals surface area contributed by atoms with E-state index in [0.29, 0.717) is 13.2 Å². The number of benzene rings is 2. The molecule has 1 unspecified atom stereocenters. The lowest BCUT2D eigenvalue weighted by Crippen LogP contribution is -2.39. The van der Waals surface area contributed by atoms with Crippen molar-refractivity contribution in [3.05, 3.63) is 65.2 Å². The zero-order valence-corrected chi connectivity index (χ0v) is 18.4. The molecule has 0 fully saturated rings. The van der Waals surface area contributed by atoms with E-state index in [2.05, 4.69) is 30.5 Å². The van der Waals surface area contributed by atoms with Crippen LogP contribution < -0.4 is 15.4 Å². The molecule has 0 radical (unpaired) electrons. The monoisotopic (exact) mass is 398 g/mol. The third kappa shape index (κ3) is 7.78. The smallest absolute Gasteiger partial charge is 0.315 e. The van der Waals surface area contributed by atoms with Gasteiger partial charge in [-0.15, -0.1) is 0 Å². The van der Waals surface area contributed by atoms with E-state index in [1.807, 2.05) is 63.2 Å². The van der Waals surface area contributed by atoms with Gasteiger partial charge in [0.1, 0.15) is 5.75 Å². The lowest BCUT2D eigenvalue weighted by molar-refractivity contribution is -0.0149. The molecule has 2 rings (SSSR count). The third-order valence-corrected chi connectivity index (χ3v) is 4.54. The van der Waals surface area contributed by atoms with Crippen LogP contribution in [0.1, 0.15) is 57.4 Å². The van der Waals surface area contributed by atoms with Crippen LogP contribution in [0.5, 0.6) is 5.75 Å². The van der Waals surface area contributed by atoms with Gasteiger partial charge in [0.2, 0.25) is 0 Å². The van der Waals surface area contributed by atoms with Crippen LogP contribution in [0, 0.1) is 5.92 Å². The molecule has 29 heavy (non-hydrogen) atoms. The molecule has 0 saturated heterocycles. The maximum Gasteiger partial charge on any atom is 0.315 e. The van der Waals surface area contributed by atoms with Gasteiger partial charge >= 0.3 is 6.03 Å². The van der Waals surface area contributed by atoms with E-state index in [1.165, 1.54) is 0 Å². The van der Waals surface area contributed by atoms with Crippen molar-refractivity contribution in [2.24, 2.45) is 5.92 Å². The van der Waals surface area contributed by atoms with E-state index >= 15 is 0 Å². The van der Waals surface area contributed by atoms with E-state index in [1.54, 1.807) is 7.11 Å². The van der Waals surface area contributed by atoms with Gasteiger partial charge in [0.15, 0.2) is 0 Å². The van der Waals surface area contributed by atoms with Gasteiger partial charge in [-0.05, 0) is 55.5 Å². The van der Waals surface area contributed by atoms with E-state index in [9.17, 15) is 4.79 Å². The summed E-state index contributed by atoms with van der Waals surface area (Å²) in [5.41, 5.74) is 3.01. The molecule has 0 bridgehead atoms. The second-order valence-corrected chi connectivity index (χ2v) is 8.54. The van der Waals surface area contributed by atoms with Crippen molar-refractivity contribution in [3.8, 4) is 5.75 Å². The summed E-state index contributed by atoms with van der Waals surface area (Å²) in [6.45, 7) is 11.3. The molecule has 0 aliphatic rings. The number of methoxy groups -OCH3 is 1. The Hall–Kier alpha value is -2.53. The maximum atomic E-state index is 12.5. The Labute approximate surface area is 174 Å². The molecule has 158 valence electrons. The van der Waals surface area contributed by atoms with Crippen LogP contribution in [-0.4, -0.2) is 18.7 Å². The second kappa shape index (κ2) is 10.3. The van der Waals surface area contributed by atoms with Gasteiger partial charge in [0.05, 0.1) is 25.4 Å². The van der Waals surface area contributed by atoms with Gasteiger partial charge in [-0.25, -0.2) is 4.79 Å². The fourth-order valence-electron chi connectivity index (χ4n) is 2.95. The number of rotatable bonds is 8. The Morgan fingerprint density at radius 3 is 2.28 bits per heavy atom. The van der Waals surface area contributed by atoms with Gasteiger partial charge < -0.3 is 20.1 Å². The van der Waals surface area contributed by atoms with Crippen molar-refractivity contribution in [1.82, 2.24) is 10.6 Å². The first kappa shape index (κ1) is 22.8. The first-order valence-corrected chi connectivity index (χ1v) is 10.1. The summed E-state index contributed by atoms with van der Waals surface area (Å²) in [5.74, 6) is 1.06. The molecule has 5 nitrogen and oxygen atoms in total. The number of nitrogens with one attached hydrogen (secondary N) is 2. The summed E-state index contributed by atoms with van der Waals surface area (Å²) < 4.78 is 11.0. The maximum absolute atomic E-state index is 12.5. The van der Waals surface area contributed by atoms with Gasteiger partial charge in [-0.2, -0.15) is 0 Å². The summed E-state index contributed by atoms with van der Waals surface area (Å²) in [6.07, 6.45) is 0. The molecule has 0 aromatic heterocycles. The van der Waals surface area contributed by atoms with Gasteiger partial charge in [-0.3, -0.25) is 0 Å².